The maximum Gasteiger partial charge on any atom is 0.243 e. The lowest BCUT2D eigenvalue weighted by Gasteiger charge is -2.27. The van der Waals surface area contributed by atoms with Crippen molar-refractivity contribution in [2.24, 2.45) is 0 Å². The summed E-state index contributed by atoms with van der Waals surface area (Å²) in [6, 6.07) is 15.0. The van der Waals surface area contributed by atoms with Gasteiger partial charge in [-0.05, 0) is 68.6 Å². The molecule has 0 radical (unpaired) electrons. The van der Waals surface area contributed by atoms with Crippen molar-refractivity contribution in [2.75, 3.05) is 38.6 Å². The van der Waals surface area contributed by atoms with Crippen LogP contribution < -0.4 is 10.2 Å². The minimum atomic E-state index is -0.0597. The van der Waals surface area contributed by atoms with Crippen LogP contribution in [-0.4, -0.2) is 44.5 Å². The molecule has 0 fully saturated rings. The van der Waals surface area contributed by atoms with Crippen molar-refractivity contribution in [3.63, 3.8) is 0 Å². The Kier molecular flexibility index (Phi) is 7.73. The molecule has 1 aliphatic rings. The second-order valence-corrected chi connectivity index (χ2v) is 7.98. The molecular formula is C24H30ClN3O. The molecule has 0 bridgehead atoms. The standard InChI is InChI=1S/C24H30ClN3O/c1-26-24(29)10-7-16-27(2)15-5-6-17-28-22-9-4-3-8-19(22)11-12-20-13-14-21(25)18-23(20)28/h3-4,7-10,13-14,18H,5-6,11-12,15-17H2,1-2H3,(H,26,29)/b10-7+. The molecule has 5 heteroatoms. The van der Waals surface area contributed by atoms with Gasteiger partial charge in [-0.2, -0.15) is 0 Å². The zero-order valence-corrected chi connectivity index (χ0v) is 18.1. The van der Waals surface area contributed by atoms with E-state index in [1.807, 2.05) is 12.1 Å². The summed E-state index contributed by atoms with van der Waals surface area (Å²) in [7, 11) is 3.73. The first-order chi connectivity index (χ1) is 14.1. The van der Waals surface area contributed by atoms with Crippen LogP contribution in [0.2, 0.25) is 5.02 Å². The van der Waals surface area contributed by atoms with Gasteiger partial charge in [-0.15, -0.1) is 0 Å². The lowest BCUT2D eigenvalue weighted by Crippen LogP contribution is -2.23. The van der Waals surface area contributed by atoms with E-state index >= 15 is 0 Å². The van der Waals surface area contributed by atoms with Gasteiger partial charge < -0.3 is 15.1 Å². The first-order valence-corrected chi connectivity index (χ1v) is 10.7. The van der Waals surface area contributed by atoms with Crippen LogP contribution in [-0.2, 0) is 17.6 Å². The first kappa shape index (κ1) is 21.4. The van der Waals surface area contributed by atoms with Crippen LogP contribution in [0.1, 0.15) is 24.0 Å². The van der Waals surface area contributed by atoms with Gasteiger partial charge >= 0.3 is 0 Å². The van der Waals surface area contributed by atoms with Crippen LogP contribution in [0.25, 0.3) is 0 Å². The van der Waals surface area contributed by atoms with E-state index in [9.17, 15) is 4.79 Å². The largest absolute Gasteiger partial charge is 0.356 e. The van der Waals surface area contributed by atoms with Crippen molar-refractivity contribution in [1.29, 1.82) is 0 Å². The number of nitrogens with zero attached hydrogens (tertiary/aromatic N) is 2. The molecule has 0 spiro atoms. The summed E-state index contributed by atoms with van der Waals surface area (Å²) in [4.78, 5) is 15.9. The van der Waals surface area contributed by atoms with Gasteiger partial charge in [0.05, 0.1) is 0 Å². The number of hydrogen-bond donors (Lipinski definition) is 1. The highest BCUT2D eigenvalue weighted by Gasteiger charge is 2.20. The Hall–Kier alpha value is -2.30. The smallest absolute Gasteiger partial charge is 0.243 e. The molecule has 2 aromatic carbocycles. The molecule has 2 aromatic rings. The Morgan fingerprint density at radius 2 is 1.90 bits per heavy atom. The molecule has 0 aromatic heterocycles. The number of halogens is 1. The minimum absolute atomic E-state index is 0.0597. The molecule has 1 N–H and O–H groups in total. The van der Waals surface area contributed by atoms with E-state index in [2.05, 4.69) is 58.6 Å². The number of benzene rings is 2. The number of nitrogens with one attached hydrogen (secondary N) is 1. The number of hydrogen-bond acceptors (Lipinski definition) is 3. The highest BCUT2D eigenvalue weighted by atomic mass is 35.5. The van der Waals surface area contributed by atoms with Crippen molar-refractivity contribution in [2.45, 2.75) is 25.7 Å². The lowest BCUT2D eigenvalue weighted by molar-refractivity contribution is -0.116. The fourth-order valence-electron chi connectivity index (χ4n) is 3.79. The van der Waals surface area contributed by atoms with E-state index in [1.165, 1.54) is 22.5 Å². The van der Waals surface area contributed by atoms with Crippen LogP contribution in [0.15, 0.2) is 54.6 Å². The average Bonchev–Trinajstić information content (AvgIpc) is 2.88. The highest BCUT2D eigenvalue weighted by molar-refractivity contribution is 6.30. The molecule has 0 atom stereocenters. The zero-order chi connectivity index (χ0) is 20.6. The van der Waals surface area contributed by atoms with Gasteiger partial charge in [-0.3, -0.25) is 4.79 Å². The molecule has 0 saturated heterocycles. The zero-order valence-electron chi connectivity index (χ0n) is 17.3. The Labute approximate surface area is 179 Å². The SMILES string of the molecule is CNC(=O)/C=C/CN(C)CCCCN1c2ccccc2CCc2ccc(Cl)cc21. The minimum Gasteiger partial charge on any atom is -0.356 e. The van der Waals surface area contributed by atoms with Gasteiger partial charge in [0.15, 0.2) is 0 Å². The number of aryl methyl sites for hydroxylation is 2. The second-order valence-electron chi connectivity index (χ2n) is 7.54. The Balaban J connectivity index is 1.62. The average molecular weight is 412 g/mol. The number of fused-ring (bicyclic) bond motifs is 2. The van der Waals surface area contributed by atoms with E-state index < -0.39 is 0 Å². The molecule has 1 amide bonds. The normalized spacial score (nSPS) is 13.3. The van der Waals surface area contributed by atoms with Gasteiger partial charge in [0.2, 0.25) is 5.91 Å². The number of unbranched alkanes of at least 4 members (excludes halogenated alkanes) is 1. The van der Waals surface area contributed by atoms with Crippen molar-refractivity contribution >= 4 is 28.9 Å². The summed E-state index contributed by atoms with van der Waals surface area (Å²) in [5.74, 6) is -0.0597. The summed E-state index contributed by atoms with van der Waals surface area (Å²) in [5, 5.41) is 3.38. The number of carbonyl (C=O) groups excluding carboxylic acids is 1. The third-order valence-electron chi connectivity index (χ3n) is 5.39. The highest BCUT2D eigenvalue weighted by Crippen LogP contribution is 2.37. The summed E-state index contributed by atoms with van der Waals surface area (Å²) in [5.41, 5.74) is 5.30. The van der Waals surface area contributed by atoms with Gasteiger partial charge in [-0.25, -0.2) is 0 Å². The fraction of sp³-hybridized carbons (Fsp3) is 0.375. The predicted molar refractivity (Wildman–Crippen MR) is 122 cm³/mol. The third kappa shape index (κ3) is 5.84. The van der Waals surface area contributed by atoms with Crippen molar-refractivity contribution < 1.29 is 4.79 Å². The number of carbonyl (C=O) groups is 1. The predicted octanol–water partition coefficient (Wildman–Crippen LogP) is 4.59. The number of amides is 1. The van der Waals surface area contributed by atoms with Crippen molar-refractivity contribution in [3.8, 4) is 0 Å². The van der Waals surface area contributed by atoms with E-state index in [-0.39, 0.29) is 5.91 Å². The van der Waals surface area contributed by atoms with E-state index in [1.54, 1.807) is 13.1 Å². The van der Waals surface area contributed by atoms with E-state index in [0.717, 1.165) is 50.3 Å². The topological polar surface area (TPSA) is 35.6 Å². The molecule has 1 heterocycles. The Morgan fingerprint density at radius 1 is 1.14 bits per heavy atom. The summed E-state index contributed by atoms with van der Waals surface area (Å²) in [6.07, 6.45) is 7.78. The van der Waals surface area contributed by atoms with E-state index in [0.29, 0.717) is 0 Å². The monoisotopic (exact) mass is 411 g/mol. The molecule has 0 unspecified atom stereocenters. The Bertz CT molecular complexity index is 865. The van der Waals surface area contributed by atoms with Gasteiger partial charge in [0.1, 0.15) is 0 Å². The van der Waals surface area contributed by atoms with E-state index in [4.69, 9.17) is 11.6 Å². The third-order valence-corrected chi connectivity index (χ3v) is 5.62. The molecular weight excluding hydrogens is 382 g/mol. The molecule has 4 nitrogen and oxygen atoms in total. The number of likely N-dealkylation sites (N-methyl/N-ethyl adjacent to an activating group) is 2. The van der Waals surface area contributed by atoms with Gasteiger partial charge in [0, 0.05) is 42.6 Å². The summed E-state index contributed by atoms with van der Waals surface area (Å²) >= 11 is 6.34. The van der Waals surface area contributed by atoms with Crippen molar-refractivity contribution in [3.05, 3.63) is 70.8 Å². The van der Waals surface area contributed by atoms with Crippen LogP contribution >= 0.6 is 11.6 Å². The lowest BCUT2D eigenvalue weighted by atomic mass is 10.0. The maximum atomic E-state index is 11.3. The molecule has 0 saturated carbocycles. The molecule has 3 rings (SSSR count). The van der Waals surface area contributed by atoms with Crippen LogP contribution in [0.3, 0.4) is 0 Å². The fourth-order valence-corrected chi connectivity index (χ4v) is 3.96. The van der Waals surface area contributed by atoms with Gasteiger partial charge in [-0.1, -0.05) is 41.9 Å². The first-order valence-electron chi connectivity index (χ1n) is 10.3. The van der Waals surface area contributed by atoms with Crippen LogP contribution in [0, 0.1) is 0 Å². The molecule has 0 aliphatic carbocycles. The summed E-state index contributed by atoms with van der Waals surface area (Å²) in [6.45, 7) is 2.74. The molecule has 1 aliphatic heterocycles. The number of anilines is 2. The summed E-state index contributed by atoms with van der Waals surface area (Å²) < 4.78 is 0. The van der Waals surface area contributed by atoms with Crippen LogP contribution in [0.4, 0.5) is 11.4 Å². The van der Waals surface area contributed by atoms with Crippen molar-refractivity contribution in [1.82, 2.24) is 10.2 Å². The number of rotatable bonds is 8. The molecule has 29 heavy (non-hydrogen) atoms. The maximum absolute atomic E-state index is 11.3. The second kappa shape index (κ2) is 10.5. The van der Waals surface area contributed by atoms with Crippen LogP contribution in [0.5, 0.6) is 0 Å². The Morgan fingerprint density at radius 3 is 2.69 bits per heavy atom. The molecule has 154 valence electrons. The van der Waals surface area contributed by atoms with Gasteiger partial charge in [0.25, 0.3) is 0 Å². The number of para-hydroxylation sites is 1. The quantitative estimate of drug-likeness (QED) is 0.509.